The molecular weight excluding hydrogens is 402 g/mol. The van der Waals surface area contributed by atoms with Crippen molar-refractivity contribution in [3.8, 4) is 0 Å². The van der Waals surface area contributed by atoms with Gasteiger partial charge in [-0.2, -0.15) is 0 Å². The van der Waals surface area contributed by atoms with Crippen molar-refractivity contribution in [2.75, 3.05) is 13.6 Å². The Hall–Kier alpha value is -3.20. The number of pyridine rings is 1. The van der Waals surface area contributed by atoms with E-state index in [-0.39, 0.29) is 17.7 Å². The summed E-state index contributed by atoms with van der Waals surface area (Å²) in [5, 5.41) is 6.33. The first-order valence-electron chi connectivity index (χ1n) is 9.86. The second-order valence-corrected chi connectivity index (χ2v) is 8.36. The molecule has 9 heteroatoms. The van der Waals surface area contributed by atoms with Crippen molar-refractivity contribution in [3.63, 3.8) is 0 Å². The highest BCUT2D eigenvalue weighted by Gasteiger charge is 2.29. The molecule has 30 heavy (non-hydrogen) atoms. The lowest BCUT2D eigenvalue weighted by Gasteiger charge is -2.30. The Morgan fingerprint density at radius 2 is 2.13 bits per heavy atom. The SMILES string of the molecule is CC[C@@H](NC(=O)c1cnc2[nH]ccc2c1)C(=O)N1CCc2sc(C(=O)NC)cc2C1. The van der Waals surface area contributed by atoms with Gasteiger partial charge in [0.25, 0.3) is 11.8 Å². The molecular formula is C21H23N5O3S. The molecule has 1 atom stereocenters. The summed E-state index contributed by atoms with van der Waals surface area (Å²) in [5.41, 5.74) is 2.13. The van der Waals surface area contributed by atoms with Crippen LogP contribution >= 0.6 is 11.3 Å². The molecule has 4 rings (SSSR count). The average molecular weight is 426 g/mol. The molecule has 8 nitrogen and oxygen atoms in total. The molecule has 3 amide bonds. The van der Waals surface area contributed by atoms with Gasteiger partial charge >= 0.3 is 0 Å². The number of nitrogens with zero attached hydrogens (tertiary/aromatic N) is 2. The summed E-state index contributed by atoms with van der Waals surface area (Å²) in [6.45, 7) is 2.90. The lowest BCUT2D eigenvalue weighted by atomic mass is 10.1. The van der Waals surface area contributed by atoms with Crippen molar-refractivity contribution >= 4 is 40.1 Å². The number of carbonyl (C=O) groups is 3. The Morgan fingerprint density at radius 1 is 1.30 bits per heavy atom. The van der Waals surface area contributed by atoms with Crippen LogP contribution in [0.1, 0.15) is 43.8 Å². The summed E-state index contributed by atoms with van der Waals surface area (Å²) in [6.07, 6.45) is 4.47. The van der Waals surface area contributed by atoms with Gasteiger partial charge in [-0.05, 0) is 36.6 Å². The minimum atomic E-state index is -0.613. The van der Waals surface area contributed by atoms with Gasteiger partial charge in [0.2, 0.25) is 5.91 Å². The number of fused-ring (bicyclic) bond motifs is 2. The summed E-state index contributed by atoms with van der Waals surface area (Å²) in [6, 6.07) is 4.85. The van der Waals surface area contributed by atoms with Crippen molar-refractivity contribution in [2.24, 2.45) is 0 Å². The minimum absolute atomic E-state index is 0.111. The molecule has 0 fully saturated rings. The van der Waals surface area contributed by atoms with Crippen LogP contribution in [0.4, 0.5) is 0 Å². The Bertz CT molecular complexity index is 1120. The Kier molecular flexibility index (Phi) is 5.54. The second-order valence-electron chi connectivity index (χ2n) is 7.22. The topological polar surface area (TPSA) is 107 Å². The zero-order valence-corrected chi connectivity index (χ0v) is 17.6. The van der Waals surface area contributed by atoms with E-state index in [1.165, 1.54) is 17.5 Å². The van der Waals surface area contributed by atoms with E-state index in [1.54, 1.807) is 24.2 Å². The lowest BCUT2D eigenvalue weighted by molar-refractivity contribution is -0.134. The van der Waals surface area contributed by atoms with Crippen LogP contribution in [0.3, 0.4) is 0 Å². The molecule has 1 aliphatic rings. The molecule has 0 aliphatic carbocycles. The quantitative estimate of drug-likeness (QED) is 0.582. The van der Waals surface area contributed by atoms with Gasteiger partial charge in [0, 0.05) is 42.8 Å². The van der Waals surface area contributed by atoms with Gasteiger partial charge < -0.3 is 20.5 Å². The first-order chi connectivity index (χ1) is 14.5. The summed E-state index contributed by atoms with van der Waals surface area (Å²) in [4.78, 5) is 48.5. The van der Waals surface area contributed by atoms with Crippen molar-refractivity contribution in [1.29, 1.82) is 0 Å². The van der Waals surface area contributed by atoms with E-state index in [9.17, 15) is 14.4 Å². The molecule has 0 saturated heterocycles. The highest BCUT2D eigenvalue weighted by Crippen LogP contribution is 2.28. The number of H-pyrrole nitrogens is 1. The lowest BCUT2D eigenvalue weighted by Crippen LogP contribution is -2.49. The molecule has 0 radical (unpaired) electrons. The van der Waals surface area contributed by atoms with Crippen molar-refractivity contribution in [3.05, 3.63) is 51.5 Å². The average Bonchev–Trinajstić information content (AvgIpc) is 3.41. The maximum Gasteiger partial charge on any atom is 0.261 e. The van der Waals surface area contributed by atoms with Crippen molar-refractivity contribution in [2.45, 2.75) is 32.4 Å². The van der Waals surface area contributed by atoms with Gasteiger partial charge in [0.05, 0.1) is 10.4 Å². The molecule has 0 unspecified atom stereocenters. The molecule has 0 bridgehead atoms. The summed E-state index contributed by atoms with van der Waals surface area (Å²) < 4.78 is 0. The number of aromatic amines is 1. The fraction of sp³-hybridized carbons (Fsp3) is 0.333. The van der Waals surface area contributed by atoms with Gasteiger partial charge in [0.15, 0.2) is 0 Å². The second kappa shape index (κ2) is 8.27. The van der Waals surface area contributed by atoms with Crippen LogP contribution in [0, 0.1) is 0 Å². The highest BCUT2D eigenvalue weighted by atomic mass is 32.1. The normalized spacial score (nSPS) is 14.3. The number of nitrogens with one attached hydrogen (secondary N) is 3. The van der Waals surface area contributed by atoms with Crippen LogP contribution < -0.4 is 10.6 Å². The van der Waals surface area contributed by atoms with Crippen molar-refractivity contribution in [1.82, 2.24) is 25.5 Å². The van der Waals surface area contributed by atoms with Crippen molar-refractivity contribution < 1.29 is 14.4 Å². The molecule has 3 aromatic rings. The van der Waals surface area contributed by atoms with E-state index in [0.717, 1.165) is 15.8 Å². The number of carbonyl (C=O) groups excluding carboxylic acids is 3. The van der Waals surface area contributed by atoms with Crippen LogP contribution in [0.25, 0.3) is 11.0 Å². The number of aromatic nitrogens is 2. The van der Waals surface area contributed by atoms with Crippen LogP contribution in [0.2, 0.25) is 0 Å². The van der Waals surface area contributed by atoms with Gasteiger partial charge in [-0.1, -0.05) is 6.92 Å². The van der Waals surface area contributed by atoms with E-state index >= 15 is 0 Å². The fourth-order valence-electron chi connectivity index (χ4n) is 3.62. The highest BCUT2D eigenvalue weighted by molar-refractivity contribution is 7.14. The number of thiophene rings is 1. The van der Waals surface area contributed by atoms with Gasteiger partial charge in [-0.3, -0.25) is 14.4 Å². The first-order valence-corrected chi connectivity index (χ1v) is 10.7. The van der Waals surface area contributed by atoms with Crippen LogP contribution in [0.5, 0.6) is 0 Å². The third kappa shape index (κ3) is 3.80. The van der Waals surface area contributed by atoms with Gasteiger partial charge in [0.1, 0.15) is 11.7 Å². The van der Waals surface area contributed by atoms with E-state index in [0.29, 0.717) is 42.0 Å². The maximum atomic E-state index is 13.1. The molecule has 0 spiro atoms. The number of rotatable bonds is 5. The van der Waals surface area contributed by atoms with E-state index in [1.807, 2.05) is 19.1 Å². The van der Waals surface area contributed by atoms with Crippen LogP contribution in [0.15, 0.2) is 30.6 Å². The zero-order chi connectivity index (χ0) is 21.3. The Labute approximate surface area is 177 Å². The largest absolute Gasteiger partial charge is 0.354 e. The Morgan fingerprint density at radius 3 is 2.90 bits per heavy atom. The number of hydrogen-bond donors (Lipinski definition) is 3. The van der Waals surface area contributed by atoms with Gasteiger partial charge in [-0.15, -0.1) is 11.3 Å². The smallest absolute Gasteiger partial charge is 0.261 e. The molecule has 0 saturated carbocycles. The standard InChI is InChI=1S/C21H23N5O3S/c1-3-15(25-19(27)13-8-12-4-6-23-18(12)24-10-13)21(29)26-7-5-16-14(11-26)9-17(30-16)20(28)22-2/h4,6,8-10,15H,3,5,7,11H2,1-2H3,(H,22,28)(H,23,24)(H,25,27)/t15-/m1/s1. The third-order valence-corrected chi connectivity index (χ3v) is 6.54. The summed E-state index contributed by atoms with van der Waals surface area (Å²) >= 11 is 1.48. The van der Waals surface area contributed by atoms with E-state index < -0.39 is 6.04 Å². The first kappa shape index (κ1) is 20.1. The molecule has 3 aromatic heterocycles. The fourth-order valence-corrected chi connectivity index (χ4v) is 4.73. The Balaban J connectivity index is 1.45. The number of amides is 3. The third-order valence-electron chi connectivity index (χ3n) is 5.30. The zero-order valence-electron chi connectivity index (χ0n) is 16.8. The van der Waals surface area contributed by atoms with E-state index in [2.05, 4.69) is 20.6 Å². The predicted molar refractivity (Wildman–Crippen MR) is 114 cm³/mol. The number of hydrogen-bond acceptors (Lipinski definition) is 5. The maximum absolute atomic E-state index is 13.1. The monoisotopic (exact) mass is 425 g/mol. The minimum Gasteiger partial charge on any atom is -0.354 e. The molecule has 4 heterocycles. The van der Waals surface area contributed by atoms with Crippen LogP contribution in [-0.4, -0.2) is 52.2 Å². The summed E-state index contributed by atoms with van der Waals surface area (Å²) in [7, 11) is 1.61. The molecule has 1 aliphatic heterocycles. The van der Waals surface area contributed by atoms with E-state index in [4.69, 9.17) is 0 Å². The molecule has 156 valence electrons. The predicted octanol–water partition coefficient (Wildman–Crippen LogP) is 2.08. The molecule has 0 aromatic carbocycles. The summed E-state index contributed by atoms with van der Waals surface area (Å²) in [5.74, 6) is -0.542. The van der Waals surface area contributed by atoms with Gasteiger partial charge in [-0.25, -0.2) is 4.98 Å². The molecule has 3 N–H and O–H groups in total. The van der Waals surface area contributed by atoms with Crippen LogP contribution in [-0.2, 0) is 17.8 Å².